The van der Waals surface area contributed by atoms with Crippen LogP contribution in [0, 0.1) is 31.1 Å². The molecule has 93 heavy (non-hydrogen) atoms. The number of rotatable bonds is 0. The van der Waals surface area contributed by atoms with E-state index in [-0.39, 0.29) is 262 Å². The molecule has 1 saturated heterocycles. The van der Waals surface area contributed by atoms with Gasteiger partial charge in [0.2, 0.25) is 0 Å². The van der Waals surface area contributed by atoms with Crippen molar-refractivity contribution in [3.63, 3.8) is 0 Å². The second-order valence-electron chi connectivity index (χ2n) is 25.0. The summed E-state index contributed by atoms with van der Waals surface area (Å²) in [6.07, 6.45) is 0.323. The molecule has 528 valence electrons. The number of fused-ring (bicyclic) bond motifs is 8. The maximum Gasteiger partial charge on any atom is 1.00 e. The summed E-state index contributed by atoms with van der Waals surface area (Å²) in [6.45, 7) is 35.9. The summed E-state index contributed by atoms with van der Waals surface area (Å²) >= 11 is 0. The average molecular weight is 1600 g/mol. The smallest absolute Gasteiger partial charge is 1.00 e. The fourth-order valence-corrected chi connectivity index (χ4v) is 8.86. The number of benzene rings is 4. The largest absolute Gasteiger partial charge is 2.00 e. The molecule has 0 spiro atoms. The molecule has 0 unspecified atom stereocenters. The van der Waals surface area contributed by atoms with E-state index in [4.69, 9.17) is 56.8 Å². The predicted molar refractivity (Wildman–Crippen MR) is 332 cm³/mol. The number of ether oxygens (including phenoxy) is 12. The van der Waals surface area contributed by atoms with E-state index in [0.29, 0.717) is 177 Å². The molecule has 0 aliphatic carbocycles. The summed E-state index contributed by atoms with van der Waals surface area (Å²) in [5.74, 6) is -0.654. The fourth-order valence-electron chi connectivity index (χ4n) is 8.86. The molecule has 4 aromatic rings. The Morgan fingerprint density at radius 3 is 0.473 bits per heavy atom. The Labute approximate surface area is 661 Å². The van der Waals surface area contributed by atoms with Gasteiger partial charge in [0.05, 0.1) is 159 Å². The van der Waals surface area contributed by atoms with E-state index in [0.717, 1.165) is 22.3 Å². The Balaban J connectivity index is -0.000000317. The molecule has 0 radical (unpaired) electrons. The van der Waals surface area contributed by atoms with Crippen LogP contribution in [0.15, 0.2) is 48.5 Å². The molecule has 2 aliphatic rings. The van der Waals surface area contributed by atoms with Gasteiger partial charge in [0, 0.05) is 31.1 Å². The van der Waals surface area contributed by atoms with Crippen molar-refractivity contribution < 1.29 is 255 Å². The SMILES string of the molecule is C1COCCOCCOCCOCCOCCOCCOCCOCCOCCO1.CC(C)(C)c1cc2c([O-])c(c1)Cc1cc(C(C)(C)C)cc(c1[O-])COCc1cc(C(C)(C)C)cc(c1[O-])Cc1cc(C(C)(C)C)cc(c1[O-])COC2.O.O.O.O.O.O.[K+].[K+].[O-2].[O-2].[U]. The summed E-state index contributed by atoms with van der Waals surface area (Å²) in [7, 11) is 0. The van der Waals surface area contributed by atoms with E-state index >= 15 is 0 Å². The van der Waals surface area contributed by atoms with E-state index in [1.54, 1.807) is 0 Å². The molecular weight excluding hydrogens is 1490 g/mol. The molecule has 1 fully saturated rings. The zero-order chi connectivity index (χ0) is 59.8. The third kappa shape index (κ3) is 38.8. The van der Waals surface area contributed by atoms with Gasteiger partial charge in [-0.2, -0.15) is 0 Å². The standard InChI is InChI=1S/C46H60O6.C20H40O10.2K.6H2O.2O.U/c1-43(2,3)35-15-27-13-28-16-36(44(4,5)6)21-33(40(28)48)25-52-26-34-22-38(46(10,11)12)18-30(42(34)50)14-29-17-37(45(7,8)9)20-32(41(29)49)24-51-23-31(19-35)39(27)47;1-2-22-5-6-24-9-10-26-13-14-28-17-18-30-20-19-29-16-15-27-12-11-25-8-7-23-4-3-21-1;;;;;;;;;;;/h15-22,47-50H,13-14,23-26H2,1-12H3;1-20H2;;;6*1H2;;;/q;;2*+1;;;;;;;2*-2;/p-4. The molecular formula is C66H108K2O24U-6. The second-order valence-corrected chi connectivity index (χ2v) is 25.0. The van der Waals surface area contributed by atoms with Crippen molar-refractivity contribution >= 4 is 0 Å². The predicted octanol–water partition coefficient (Wildman–Crippen LogP) is -2.91. The van der Waals surface area contributed by atoms with Gasteiger partial charge in [-0.05, 0) is 79.0 Å². The number of hydrogen-bond acceptors (Lipinski definition) is 16. The first-order valence-corrected chi connectivity index (χ1v) is 29.2. The Morgan fingerprint density at radius 2 is 0.355 bits per heavy atom. The monoisotopic (exact) mass is 1600 g/mol. The van der Waals surface area contributed by atoms with Gasteiger partial charge in [0.1, 0.15) is 0 Å². The second kappa shape index (κ2) is 54.4. The van der Waals surface area contributed by atoms with Crippen LogP contribution in [-0.4, -0.2) is 165 Å². The van der Waals surface area contributed by atoms with Crippen LogP contribution in [0.2, 0.25) is 0 Å². The van der Waals surface area contributed by atoms with Crippen LogP contribution in [0.3, 0.4) is 0 Å². The number of hydrogen-bond donors (Lipinski definition) is 0. The van der Waals surface area contributed by atoms with E-state index in [1.165, 1.54) is 0 Å². The van der Waals surface area contributed by atoms with Crippen LogP contribution in [0.1, 0.15) is 150 Å². The summed E-state index contributed by atoms with van der Waals surface area (Å²) in [5, 5.41) is 56.3. The first-order chi connectivity index (χ1) is 38.9. The van der Waals surface area contributed by atoms with Gasteiger partial charge >= 0.3 is 103 Å². The normalized spacial score (nSPS) is 16.1. The van der Waals surface area contributed by atoms with Crippen molar-refractivity contribution in [1.82, 2.24) is 0 Å². The van der Waals surface area contributed by atoms with Gasteiger partial charge in [-0.1, -0.05) is 177 Å². The Morgan fingerprint density at radius 1 is 0.237 bits per heavy atom. The topological polar surface area (TPSA) is 449 Å². The molecule has 27 heteroatoms. The van der Waals surface area contributed by atoms with E-state index in [1.807, 2.05) is 48.5 Å². The van der Waals surface area contributed by atoms with E-state index < -0.39 is 0 Å². The maximum atomic E-state index is 14.1. The van der Waals surface area contributed by atoms with Crippen LogP contribution in [0.25, 0.3) is 0 Å². The van der Waals surface area contributed by atoms with Crippen LogP contribution in [0.4, 0.5) is 0 Å². The van der Waals surface area contributed by atoms with Gasteiger partial charge in [-0.25, -0.2) is 0 Å². The molecule has 4 aromatic carbocycles. The van der Waals surface area contributed by atoms with Crippen LogP contribution in [0.5, 0.6) is 23.0 Å². The van der Waals surface area contributed by atoms with Crippen molar-refractivity contribution in [2.45, 2.75) is 144 Å². The van der Waals surface area contributed by atoms with Gasteiger partial charge in [-0.15, -0.1) is 0 Å². The third-order valence-electron chi connectivity index (χ3n) is 13.9. The Bertz CT molecular complexity index is 2120. The summed E-state index contributed by atoms with van der Waals surface area (Å²) in [6, 6.07) is 15.3. The fraction of sp³-hybridized carbons (Fsp3) is 0.636. The third-order valence-corrected chi connectivity index (χ3v) is 13.9. The molecule has 8 bridgehead atoms. The summed E-state index contributed by atoms with van der Waals surface area (Å²) in [4.78, 5) is 0. The van der Waals surface area contributed by atoms with Crippen molar-refractivity contribution in [2.24, 2.45) is 0 Å². The zero-order valence-corrected chi connectivity index (χ0v) is 68.3. The van der Waals surface area contributed by atoms with Gasteiger partial charge in [0.15, 0.2) is 0 Å². The van der Waals surface area contributed by atoms with Crippen molar-refractivity contribution in [3.05, 3.63) is 115 Å². The molecule has 12 N–H and O–H groups in total. The zero-order valence-electron chi connectivity index (χ0n) is 57.9. The molecule has 2 heterocycles. The Hall–Kier alpha value is -0.395. The molecule has 24 nitrogen and oxygen atoms in total. The van der Waals surface area contributed by atoms with Crippen molar-refractivity contribution in [1.29, 1.82) is 0 Å². The first kappa shape index (κ1) is 106. The minimum Gasteiger partial charge on any atom is -2.00 e. The minimum absolute atomic E-state index is 0. The van der Waals surface area contributed by atoms with Crippen LogP contribution >= 0.6 is 0 Å². The summed E-state index contributed by atoms with van der Waals surface area (Å²) in [5.41, 5.74) is 6.88. The van der Waals surface area contributed by atoms with Crippen molar-refractivity contribution in [2.75, 3.05) is 132 Å². The molecule has 2 aliphatic heterocycles. The van der Waals surface area contributed by atoms with Gasteiger partial charge in [0.25, 0.3) is 0 Å². The van der Waals surface area contributed by atoms with Crippen LogP contribution in [-0.2, 0) is 129 Å². The van der Waals surface area contributed by atoms with E-state index in [9.17, 15) is 20.4 Å². The van der Waals surface area contributed by atoms with Crippen LogP contribution < -0.4 is 123 Å². The molecule has 0 amide bonds. The van der Waals surface area contributed by atoms with Gasteiger partial charge < -0.3 is 121 Å². The molecule has 0 saturated carbocycles. The first-order valence-electron chi connectivity index (χ1n) is 29.2. The van der Waals surface area contributed by atoms with Crippen molar-refractivity contribution in [3.8, 4) is 23.0 Å². The minimum atomic E-state index is -0.265. The maximum absolute atomic E-state index is 14.1. The summed E-state index contributed by atoms with van der Waals surface area (Å²) < 4.78 is 66.7. The average Bonchev–Trinajstić information content (AvgIpc) is 1.04. The van der Waals surface area contributed by atoms with E-state index in [2.05, 4.69) is 83.1 Å². The molecule has 6 rings (SSSR count). The molecule has 0 atom stereocenters. The van der Waals surface area contributed by atoms with Gasteiger partial charge in [-0.3, -0.25) is 0 Å². The Kier molecular flexibility index (Phi) is 62.0. The molecule has 0 aromatic heterocycles. The quantitative estimate of drug-likeness (QED) is 0.159.